The van der Waals surface area contributed by atoms with Gasteiger partial charge in [-0.05, 0) is 37.4 Å². The molecule has 10 nitrogen and oxygen atoms in total. The first kappa shape index (κ1) is 31.6. The van der Waals surface area contributed by atoms with E-state index in [1.807, 2.05) is 13.8 Å². The van der Waals surface area contributed by atoms with Crippen LogP contribution in [0.3, 0.4) is 0 Å². The first-order chi connectivity index (χ1) is 15.0. The number of non-ortho nitro benzene ring substituents is 1. The van der Waals surface area contributed by atoms with Gasteiger partial charge in [-0.3, -0.25) is 23.4 Å². The van der Waals surface area contributed by atoms with E-state index in [1.165, 1.54) is 38.5 Å². The molecule has 0 heterocycles. The third-order valence-corrected chi connectivity index (χ3v) is 11.9. The molecular weight excluding hydrogens is 520 g/mol. The summed E-state index contributed by atoms with van der Waals surface area (Å²) in [7, 11) is 1.85. The van der Waals surface area contributed by atoms with Crippen LogP contribution in [-0.2, 0) is 45.3 Å². The van der Waals surface area contributed by atoms with Crippen LogP contribution < -0.4 is 4.52 Å². The highest BCUT2D eigenvalue weighted by Gasteiger charge is 2.26. The number of nitro benzene ring substituents is 1. The largest absolute Gasteiger partial charge is 0.424 e. The fourth-order valence-corrected chi connectivity index (χ4v) is 8.64. The predicted octanol–water partition coefficient (Wildman–Crippen LogP) is 5.55. The lowest BCUT2D eigenvalue weighted by atomic mass is 10.3. The quantitative estimate of drug-likeness (QED) is 0.164. The molecule has 1 aromatic carbocycles. The molecule has 32 heavy (non-hydrogen) atoms. The lowest BCUT2D eigenvalue weighted by molar-refractivity contribution is -0.384. The lowest BCUT2D eigenvalue weighted by Gasteiger charge is -2.20. The number of hydrogen-bond acceptors (Lipinski definition) is 11. The zero-order valence-electron chi connectivity index (χ0n) is 19.0. The second-order valence-corrected chi connectivity index (χ2v) is 15.1. The minimum absolute atomic E-state index is 0.00140. The molecule has 0 N–H and O–H groups in total. The minimum Gasteiger partial charge on any atom is -0.424 e. The Morgan fingerprint density at radius 3 is 2.00 bits per heavy atom. The Hall–Kier alpha value is -0.360. The molecular formula is C17H31NO9P2S3. The third kappa shape index (κ3) is 12.8. The Kier molecular flexibility index (Phi) is 16.1. The van der Waals surface area contributed by atoms with Crippen molar-refractivity contribution in [2.75, 3.05) is 38.9 Å². The van der Waals surface area contributed by atoms with E-state index in [4.69, 9.17) is 34.4 Å². The molecule has 0 aliphatic heterocycles. The Morgan fingerprint density at radius 1 is 1.12 bits per heavy atom. The summed E-state index contributed by atoms with van der Waals surface area (Å²) in [5.74, 6) is 1.53. The molecule has 0 aliphatic rings. The van der Waals surface area contributed by atoms with E-state index in [0.717, 1.165) is 11.4 Å². The Labute approximate surface area is 201 Å². The van der Waals surface area contributed by atoms with Crippen molar-refractivity contribution in [3.05, 3.63) is 34.4 Å². The SMILES string of the molecule is CCOP(=S)(OCC)Oc1ccc([N+](=O)[O-])cc1.CCS(=O)CC(C)SP(=O)(OC)OC. The summed E-state index contributed by atoms with van der Waals surface area (Å²) in [6.07, 6.45) is 0. The van der Waals surface area contributed by atoms with E-state index in [1.54, 1.807) is 13.8 Å². The Balaban J connectivity index is 0.000000622. The molecule has 0 aromatic heterocycles. The summed E-state index contributed by atoms with van der Waals surface area (Å²) >= 11 is 6.29. The smallest absolute Gasteiger partial charge is 0.388 e. The highest BCUT2D eigenvalue weighted by molar-refractivity contribution is 8.55. The summed E-state index contributed by atoms with van der Waals surface area (Å²) < 4.78 is 48.5. The average Bonchev–Trinajstić information content (AvgIpc) is 2.74. The van der Waals surface area contributed by atoms with E-state index >= 15 is 0 Å². The van der Waals surface area contributed by atoms with Gasteiger partial charge < -0.3 is 13.6 Å². The van der Waals surface area contributed by atoms with Crippen LogP contribution in [0.2, 0.25) is 0 Å². The fourth-order valence-electron chi connectivity index (χ4n) is 1.96. The Bertz CT molecular complexity index is 793. The van der Waals surface area contributed by atoms with Gasteiger partial charge >= 0.3 is 13.5 Å². The van der Waals surface area contributed by atoms with Gasteiger partial charge in [0.05, 0.1) is 18.1 Å². The molecule has 0 saturated heterocycles. The van der Waals surface area contributed by atoms with Crippen molar-refractivity contribution in [3.63, 3.8) is 0 Å². The van der Waals surface area contributed by atoms with Crippen molar-refractivity contribution >= 4 is 53.2 Å². The maximum absolute atomic E-state index is 11.7. The predicted molar refractivity (Wildman–Crippen MR) is 133 cm³/mol. The topological polar surface area (TPSA) is 123 Å². The van der Waals surface area contributed by atoms with Gasteiger partial charge in [0.15, 0.2) is 0 Å². The van der Waals surface area contributed by atoms with Crippen LogP contribution in [0.25, 0.3) is 0 Å². The molecule has 2 unspecified atom stereocenters. The normalized spacial score (nSPS) is 13.6. The molecule has 2 atom stereocenters. The van der Waals surface area contributed by atoms with Crippen LogP contribution >= 0.6 is 24.9 Å². The van der Waals surface area contributed by atoms with Gasteiger partial charge in [-0.1, -0.05) is 13.8 Å². The molecule has 0 bridgehead atoms. The summed E-state index contributed by atoms with van der Waals surface area (Å²) in [4.78, 5) is 10.0. The molecule has 0 spiro atoms. The number of nitrogens with zero attached hydrogens (tertiary/aromatic N) is 1. The molecule has 15 heteroatoms. The average molecular weight is 552 g/mol. The number of nitro groups is 1. The summed E-state index contributed by atoms with van der Waals surface area (Å²) in [5.41, 5.74) is -0.0107. The number of benzene rings is 1. The van der Waals surface area contributed by atoms with Crippen LogP contribution in [0.1, 0.15) is 27.7 Å². The van der Waals surface area contributed by atoms with E-state index in [0.29, 0.717) is 30.5 Å². The number of rotatable bonds is 14. The molecule has 0 amide bonds. The maximum Gasteiger partial charge on any atom is 0.388 e. The van der Waals surface area contributed by atoms with Crippen molar-refractivity contribution in [2.45, 2.75) is 32.9 Å². The molecule has 0 radical (unpaired) electrons. The first-order valence-electron chi connectivity index (χ1n) is 9.56. The monoisotopic (exact) mass is 551 g/mol. The standard InChI is InChI=1S/C10H14NO5PS.C7H17O4PS2/c1-3-14-17(18,15-4-2)16-10-7-5-9(6-8-10)11(12)13;1-5-14(9)6-7(2)13-12(8,10-3)11-4/h5-8H,3-4H2,1-2H3;7H,5-6H2,1-4H3. The van der Waals surface area contributed by atoms with Crippen LogP contribution in [0.4, 0.5) is 5.69 Å². The highest BCUT2D eigenvalue weighted by Crippen LogP contribution is 2.61. The van der Waals surface area contributed by atoms with E-state index in [2.05, 4.69) is 0 Å². The van der Waals surface area contributed by atoms with Crippen molar-refractivity contribution in [1.82, 2.24) is 0 Å². The van der Waals surface area contributed by atoms with Gasteiger partial charge in [-0.25, -0.2) is 4.57 Å². The highest BCUT2D eigenvalue weighted by atomic mass is 32.7. The maximum atomic E-state index is 11.7. The molecule has 0 saturated carbocycles. The van der Waals surface area contributed by atoms with Crippen LogP contribution in [0.5, 0.6) is 5.75 Å². The zero-order chi connectivity index (χ0) is 24.8. The minimum atomic E-state index is -3.02. The summed E-state index contributed by atoms with van der Waals surface area (Å²) in [5, 5.41) is 10.5. The van der Waals surface area contributed by atoms with E-state index in [9.17, 15) is 18.9 Å². The van der Waals surface area contributed by atoms with Gasteiger partial charge in [0.1, 0.15) is 5.75 Å². The summed E-state index contributed by atoms with van der Waals surface area (Å²) in [6, 6.07) is 5.62. The molecule has 1 aromatic rings. The zero-order valence-corrected chi connectivity index (χ0v) is 23.2. The second-order valence-electron chi connectivity index (χ2n) is 5.75. The van der Waals surface area contributed by atoms with Crippen molar-refractivity contribution in [2.24, 2.45) is 0 Å². The van der Waals surface area contributed by atoms with Gasteiger partial charge in [-0.15, -0.1) is 0 Å². The Morgan fingerprint density at radius 2 is 1.62 bits per heavy atom. The van der Waals surface area contributed by atoms with Crippen LogP contribution in [0.15, 0.2) is 24.3 Å². The van der Waals surface area contributed by atoms with E-state index in [-0.39, 0.29) is 10.9 Å². The number of hydrogen-bond donors (Lipinski definition) is 0. The van der Waals surface area contributed by atoms with Crippen molar-refractivity contribution in [1.29, 1.82) is 0 Å². The first-order valence-corrected chi connectivity index (χ1v) is 16.6. The van der Waals surface area contributed by atoms with Gasteiger partial charge in [-0.2, -0.15) is 0 Å². The second kappa shape index (κ2) is 16.3. The summed E-state index contributed by atoms with van der Waals surface area (Å²) in [6.45, 7) is 2.23. The lowest BCUT2D eigenvalue weighted by Crippen LogP contribution is -2.11. The fraction of sp³-hybridized carbons (Fsp3) is 0.647. The van der Waals surface area contributed by atoms with Crippen LogP contribution in [-0.4, -0.2) is 53.3 Å². The molecule has 0 fully saturated rings. The molecule has 0 aliphatic carbocycles. The van der Waals surface area contributed by atoms with Crippen LogP contribution in [0, 0.1) is 10.1 Å². The van der Waals surface area contributed by atoms with E-state index < -0.39 is 29.2 Å². The molecule has 186 valence electrons. The van der Waals surface area contributed by atoms with Gasteiger partial charge in [0.2, 0.25) is 0 Å². The van der Waals surface area contributed by atoms with Crippen molar-refractivity contribution in [3.8, 4) is 5.75 Å². The third-order valence-electron chi connectivity index (χ3n) is 3.34. The molecule has 1 rings (SSSR count). The van der Waals surface area contributed by atoms with Crippen molar-refractivity contribution < 1.29 is 36.3 Å². The van der Waals surface area contributed by atoms with Gasteiger partial charge in [0.25, 0.3) is 5.69 Å². The van der Waals surface area contributed by atoms with Gasteiger partial charge in [0, 0.05) is 65.7 Å².